The molecular formula is C23H22N6O8S3. The Bertz CT molecular complexity index is 1460. The molecule has 0 radical (unpaired) electrons. The summed E-state index contributed by atoms with van der Waals surface area (Å²) < 4.78 is 0. The monoisotopic (exact) mass is 606 g/mol. The molecule has 0 aromatic carbocycles. The second-order valence-corrected chi connectivity index (χ2v) is 11.9. The van der Waals surface area contributed by atoms with E-state index >= 15 is 0 Å². The van der Waals surface area contributed by atoms with Crippen molar-refractivity contribution in [2.75, 3.05) is 17.2 Å². The molecule has 2 amide bonds. The number of anilines is 1. The summed E-state index contributed by atoms with van der Waals surface area (Å²) in [6.07, 6.45) is 2.57. The summed E-state index contributed by atoms with van der Waals surface area (Å²) in [6, 6.07) is 1.97. The number of aromatic nitrogens is 2. The van der Waals surface area contributed by atoms with Gasteiger partial charge in [0.15, 0.2) is 10.8 Å². The van der Waals surface area contributed by atoms with Crippen LogP contribution in [0.3, 0.4) is 0 Å². The van der Waals surface area contributed by atoms with Gasteiger partial charge in [-0.1, -0.05) is 16.9 Å². The lowest BCUT2D eigenvalue weighted by atomic mass is 9.80. The number of carboxylic acids is 2. The second-order valence-electron chi connectivity index (χ2n) is 8.99. The first kappa shape index (κ1) is 27.7. The van der Waals surface area contributed by atoms with Gasteiger partial charge < -0.3 is 31.2 Å². The highest BCUT2D eigenvalue weighted by atomic mass is 32.2. The molecule has 2 aromatic heterocycles. The van der Waals surface area contributed by atoms with Gasteiger partial charge in [0, 0.05) is 35.9 Å². The van der Waals surface area contributed by atoms with Gasteiger partial charge in [-0.05, 0) is 24.1 Å². The molecular weight excluding hydrogens is 584 g/mol. The number of amides is 2. The molecule has 40 heavy (non-hydrogen) atoms. The minimum absolute atomic E-state index is 0.0379. The smallest absolute Gasteiger partial charge is 0.352 e. The highest BCUT2D eigenvalue weighted by Gasteiger charge is 2.54. The first-order valence-electron chi connectivity index (χ1n) is 11.8. The van der Waals surface area contributed by atoms with Gasteiger partial charge in [0.2, 0.25) is 5.60 Å². The van der Waals surface area contributed by atoms with Crippen LogP contribution in [0.2, 0.25) is 0 Å². The maximum Gasteiger partial charge on any atom is 0.352 e. The molecule has 4 heterocycles. The number of hydrogen-bond donors (Lipinski definition) is 5. The normalized spacial score (nSPS) is 21.6. The van der Waals surface area contributed by atoms with Crippen molar-refractivity contribution in [3.05, 3.63) is 40.7 Å². The number of pyridine rings is 1. The van der Waals surface area contributed by atoms with Gasteiger partial charge in [-0.25, -0.2) is 19.6 Å². The molecule has 17 heteroatoms. The zero-order valence-electron chi connectivity index (χ0n) is 20.5. The topological polar surface area (TPSA) is 218 Å². The lowest BCUT2D eigenvalue weighted by molar-refractivity contribution is -0.178. The summed E-state index contributed by atoms with van der Waals surface area (Å²) in [5.74, 6) is -3.58. The van der Waals surface area contributed by atoms with E-state index in [9.17, 15) is 34.5 Å². The van der Waals surface area contributed by atoms with Gasteiger partial charge >= 0.3 is 11.9 Å². The summed E-state index contributed by atoms with van der Waals surface area (Å²) in [6.45, 7) is 0. The molecule has 1 saturated carbocycles. The van der Waals surface area contributed by atoms with Crippen molar-refractivity contribution in [2.24, 2.45) is 5.16 Å². The molecule has 3 aliphatic rings. The highest BCUT2D eigenvalue weighted by molar-refractivity contribution is 8.01. The average molecular weight is 607 g/mol. The number of carbonyl (C=O) groups is 4. The minimum atomic E-state index is -1.54. The van der Waals surface area contributed by atoms with Gasteiger partial charge in [0.25, 0.3) is 11.8 Å². The molecule has 6 N–H and O–H groups in total. The van der Waals surface area contributed by atoms with Crippen LogP contribution in [0.1, 0.15) is 25.0 Å². The van der Waals surface area contributed by atoms with Crippen molar-refractivity contribution in [3.8, 4) is 5.75 Å². The third kappa shape index (κ3) is 5.06. The number of hydrogen-bond acceptors (Lipinski definition) is 13. The van der Waals surface area contributed by atoms with Gasteiger partial charge in [-0.15, -0.1) is 23.1 Å². The Morgan fingerprint density at radius 1 is 1.32 bits per heavy atom. The van der Waals surface area contributed by atoms with Crippen LogP contribution in [0.25, 0.3) is 0 Å². The van der Waals surface area contributed by atoms with Gasteiger partial charge in [0.1, 0.15) is 33.6 Å². The first-order valence-corrected chi connectivity index (χ1v) is 14.7. The molecule has 14 nitrogen and oxygen atoms in total. The number of fused-ring (bicyclic) bond motifs is 1. The Morgan fingerprint density at radius 3 is 2.70 bits per heavy atom. The zero-order chi connectivity index (χ0) is 28.6. The molecule has 2 atom stereocenters. The van der Waals surface area contributed by atoms with Crippen LogP contribution in [-0.2, 0) is 24.0 Å². The zero-order valence-corrected chi connectivity index (χ0v) is 22.9. The molecule has 0 spiro atoms. The fraction of sp³-hybridized carbons (Fsp3) is 0.348. The van der Waals surface area contributed by atoms with E-state index in [0.717, 1.165) is 28.0 Å². The van der Waals surface area contributed by atoms with E-state index in [0.29, 0.717) is 17.0 Å². The predicted octanol–water partition coefficient (Wildman–Crippen LogP) is 1.08. The number of nitrogens with one attached hydrogen (secondary N) is 1. The number of carbonyl (C=O) groups excluding carboxylic acids is 2. The van der Waals surface area contributed by atoms with Crippen LogP contribution in [-0.4, -0.2) is 88.2 Å². The molecule has 1 aliphatic carbocycles. The minimum Gasteiger partial charge on any atom is -0.505 e. The average Bonchev–Trinajstić information content (AvgIpc) is 3.32. The molecule has 1 saturated heterocycles. The first-order chi connectivity index (χ1) is 19.1. The van der Waals surface area contributed by atoms with Gasteiger partial charge in [-0.2, -0.15) is 0 Å². The van der Waals surface area contributed by atoms with Crippen molar-refractivity contribution in [1.29, 1.82) is 0 Å². The Kier molecular flexibility index (Phi) is 7.61. The van der Waals surface area contributed by atoms with Crippen LogP contribution >= 0.6 is 34.9 Å². The van der Waals surface area contributed by atoms with E-state index in [1.54, 1.807) is 6.07 Å². The van der Waals surface area contributed by atoms with Crippen molar-refractivity contribution in [1.82, 2.24) is 20.2 Å². The summed E-state index contributed by atoms with van der Waals surface area (Å²) in [5, 5.41) is 37.0. The van der Waals surface area contributed by atoms with Crippen molar-refractivity contribution in [2.45, 2.75) is 41.3 Å². The van der Waals surface area contributed by atoms with E-state index in [1.807, 2.05) is 0 Å². The largest absolute Gasteiger partial charge is 0.505 e. The van der Waals surface area contributed by atoms with E-state index in [-0.39, 0.29) is 52.3 Å². The maximum absolute atomic E-state index is 13.3. The van der Waals surface area contributed by atoms with Crippen LogP contribution in [0, 0.1) is 0 Å². The Hall–Kier alpha value is -3.83. The predicted molar refractivity (Wildman–Crippen MR) is 145 cm³/mol. The number of carboxylic acid groups (broad SMARTS) is 2. The Balaban J connectivity index is 1.33. The lowest BCUT2D eigenvalue weighted by Crippen LogP contribution is -2.71. The number of thioether (sulfide) groups is 2. The summed E-state index contributed by atoms with van der Waals surface area (Å²) in [5.41, 5.74) is 4.13. The summed E-state index contributed by atoms with van der Waals surface area (Å²) in [4.78, 5) is 64.7. The third-order valence-electron chi connectivity index (χ3n) is 6.51. The molecule has 210 valence electrons. The summed E-state index contributed by atoms with van der Waals surface area (Å²) >= 11 is 3.45. The van der Waals surface area contributed by atoms with Crippen LogP contribution in [0.4, 0.5) is 5.13 Å². The number of aromatic hydroxyl groups is 1. The maximum atomic E-state index is 13.3. The van der Waals surface area contributed by atoms with Crippen molar-refractivity contribution < 1.29 is 39.3 Å². The van der Waals surface area contributed by atoms with E-state index < -0.39 is 40.8 Å². The molecule has 2 aliphatic heterocycles. The number of rotatable bonds is 10. The number of oxime groups is 1. The number of nitrogen functional groups attached to an aromatic ring is 1. The number of aliphatic carboxylic acids is 2. The van der Waals surface area contributed by atoms with E-state index in [1.165, 1.54) is 29.4 Å². The van der Waals surface area contributed by atoms with Crippen LogP contribution < -0.4 is 11.1 Å². The number of thiazole rings is 1. The standard InChI is InChI=1S/C23H22N6O8S3/c24-22-26-11(9-40-22)13(28-37-23(21(35)36)4-2-5-23)16(31)27-14-18(32)29-15(20(33)34)10(8-39-19(14)29)7-38-17-12(30)3-1-6-25-17/h1,3,6,9,14,19,30H,2,4-5,7-8H2,(H2,24,26)(H,27,31)(H,33,34)(H,35,36)/t14?,19-/m1/s1. The second kappa shape index (κ2) is 11.0. The Morgan fingerprint density at radius 2 is 2.10 bits per heavy atom. The van der Waals surface area contributed by atoms with Crippen LogP contribution in [0.15, 0.2) is 45.2 Å². The Labute approximate surface area is 238 Å². The highest BCUT2D eigenvalue weighted by Crippen LogP contribution is 2.42. The fourth-order valence-corrected chi connectivity index (χ4v) is 7.15. The lowest BCUT2D eigenvalue weighted by Gasteiger charge is -2.49. The molecule has 5 rings (SSSR count). The number of nitrogens with zero attached hydrogens (tertiary/aromatic N) is 4. The van der Waals surface area contributed by atoms with Crippen molar-refractivity contribution in [3.63, 3.8) is 0 Å². The van der Waals surface area contributed by atoms with E-state index in [2.05, 4.69) is 20.4 Å². The number of nitrogens with two attached hydrogens (primary N) is 1. The molecule has 0 bridgehead atoms. The van der Waals surface area contributed by atoms with E-state index in [4.69, 9.17) is 10.6 Å². The molecule has 2 aromatic rings. The third-order valence-corrected chi connectivity index (χ3v) is 9.61. The SMILES string of the molecule is Nc1nc(C(=NOC2(C(=O)O)CCC2)C(=O)NC2C(=O)N3C(C(=O)O)=C(CSc4ncccc4O)CS[C@H]23)cs1. The fourth-order valence-electron chi connectivity index (χ4n) is 4.23. The van der Waals surface area contributed by atoms with Gasteiger partial charge in [0.05, 0.1) is 0 Å². The van der Waals surface area contributed by atoms with Crippen molar-refractivity contribution >= 4 is 69.5 Å². The summed E-state index contributed by atoms with van der Waals surface area (Å²) in [7, 11) is 0. The molecule has 1 unspecified atom stereocenters. The van der Waals surface area contributed by atoms with Gasteiger partial charge in [-0.3, -0.25) is 14.5 Å². The van der Waals surface area contributed by atoms with Crippen LogP contribution in [0.5, 0.6) is 5.75 Å². The molecule has 2 fully saturated rings. The quantitative estimate of drug-likeness (QED) is 0.111. The number of β-lactam (4-membered cyclic amide) rings is 1.